The molecule has 0 bridgehead atoms. The summed E-state index contributed by atoms with van der Waals surface area (Å²) in [5, 5.41) is 0.858. The fourth-order valence-electron chi connectivity index (χ4n) is 1.48. The number of aryl methyl sites for hydroxylation is 1. The normalized spacial score (nSPS) is 10.5. The van der Waals surface area contributed by atoms with E-state index in [4.69, 9.17) is 5.73 Å². The summed E-state index contributed by atoms with van der Waals surface area (Å²) >= 11 is 1.55. The summed E-state index contributed by atoms with van der Waals surface area (Å²) in [6.07, 6.45) is 0.934. The molecule has 0 aliphatic rings. The topological polar surface area (TPSA) is 26.0 Å². The standard InChI is InChI=1S/C12H12FNS/c1-2-8-7-11(15-12(8)14)9-3-5-10(13)6-4-9/h3-7H,2,14H2,1H3. The maximum Gasteiger partial charge on any atom is 0.123 e. The molecule has 78 valence electrons. The van der Waals surface area contributed by atoms with Crippen LogP contribution in [-0.2, 0) is 6.42 Å². The molecule has 0 spiro atoms. The van der Waals surface area contributed by atoms with E-state index in [-0.39, 0.29) is 5.82 Å². The number of nitrogens with two attached hydrogens (primary N) is 1. The maximum atomic E-state index is 12.7. The van der Waals surface area contributed by atoms with E-state index in [1.165, 1.54) is 17.7 Å². The van der Waals surface area contributed by atoms with Crippen molar-refractivity contribution in [2.75, 3.05) is 5.73 Å². The summed E-state index contributed by atoms with van der Waals surface area (Å²) in [4.78, 5) is 1.10. The molecule has 2 rings (SSSR count). The van der Waals surface area contributed by atoms with Gasteiger partial charge in [-0.3, -0.25) is 0 Å². The lowest BCUT2D eigenvalue weighted by molar-refractivity contribution is 0.628. The first-order valence-corrected chi connectivity index (χ1v) is 5.66. The number of halogens is 1. The van der Waals surface area contributed by atoms with Crippen molar-refractivity contribution in [2.24, 2.45) is 0 Å². The lowest BCUT2D eigenvalue weighted by Gasteiger charge is -1.95. The summed E-state index contributed by atoms with van der Waals surface area (Å²) in [7, 11) is 0. The van der Waals surface area contributed by atoms with Crippen LogP contribution in [0.15, 0.2) is 30.3 Å². The van der Waals surface area contributed by atoms with Gasteiger partial charge in [0, 0.05) is 4.88 Å². The van der Waals surface area contributed by atoms with Crippen molar-refractivity contribution in [3.05, 3.63) is 41.7 Å². The van der Waals surface area contributed by atoms with Gasteiger partial charge in [-0.25, -0.2) is 4.39 Å². The van der Waals surface area contributed by atoms with Crippen LogP contribution >= 0.6 is 11.3 Å². The highest BCUT2D eigenvalue weighted by Crippen LogP contribution is 2.33. The summed E-state index contributed by atoms with van der Waals surface area (Å²) in [6.45, 7) is 2.08. The predicted molar refractivity (Wildman–Crippen MR) is 63.5 cm³/mol. The minimum absolute atomic E-state index is 0.209. The highest BCUT2D eigenvalue weighted by Gasteiger charge is 2.06. The Hall–Kier alpha value is -1.35. The van der Waals surface area contributed by atoms with Crippen LogP contribution in [0.3, 0.4) is 0 Å². The van der Waals surface area contributed by atoms with Crippen molar-refractivity contribution in [1.82, 2.24) is 0 Å². The van der Waals surface area contributed by atoms with Gasteiger partial charge < -0.3 is 5.73 Å². The van der Waals surface area contributed by atoms with Crippen LogP contribution < -0.4 is 5.73 Å². The van der Waals surface area contributed by atoms with Crippen molar-refractivity contribution in [3.8, 4) is 10.4 Å². The summed E-state index contributed by atoms with van der Waals surface area (Å²) in [5.74, 6) is -0.209. The Morgan fingerprint density at radius 3 is 2.47 bits per heavy atom. The number of thiophene rings is 1. The van der Waals surface area contributed by atoms with E-state index in [1.807, 2.05) is 0 Å². The van der Waals surface area contributed by atoms with E-state index < -0.39 is 0 Å². The summed E-state index contributed by atoms with van der Waals surface area (Å²) < 4.78 is 12.7. The van der Waals surface area contributed by atoms with Crippen LogP contribution in [0.5, 0.6) is 0 Å². The van der Waals surface area contributed by atoms with Crippen LogP contribution in [0.25, 0.3) is 10.4 Å². The number of hydrogen-bond donors (Lipinski definition) is 1. The van der Waals surface area contributed by atoms with E-state index in [0.29, 0.717) is 0 Å². The van der Waals surface area contributed by atoms with Crippen LogP contribution in [0, 0.1) is 5.82 Å². The van der Waals surface area contributed by atoms with Crippen molar-refractivity contribution < 1.29 is 4.39 Å². The molecule has 0 radical (unpaired) electrons. The third-order valence-electron chi connectivity index (χ3n) is 2.35. The first-order valence-electron chi connectivity index (χ1n) is 4.85. The molecule has 0 fully saturated rings. The van der Waals surface area contributed by atoms with E-state index in [1.54, 1.807) is 23.5 Å². The third kappa shape index (κ3) is 2.02. The zero-order valence-corrected chi connectivity index (χ0v) is 9.27. The number of nitrogen functional groups attached to an aromatic ring is 1. The lowest BCUT2D eigenvalue weighted by atomic mass is 10.1. The monoisotopic (exact) mass is 221 g/mol. The molecule has 3 heteroatoms. The fraction of sp³-hybridized carbons (Fsp3) is 0.167. The molecule has 0 saturated heterocycles. The molecular weight excluding hydrogens is 209 g/mol. The van der Waals surface area contributed by atoms with Gasteiger partial charge in [0.2, 0.25) is 0 Å². The average Bonchev–Trinajstić information content (AvgIpc) is 2.61. The molecule has 0 amide bonds. The number of hydrogen-bond acceptors (Lipinski definition) is 2. The Balaban J connectivity index is 2.41. The molecule has 2 N–H and O–H groups in total. The quantitative estimate of drug-likeness (QED) is 0.822. The van der Waals surface area contributed by atoms with E-state index in [0.717, 1.165) is 21.9 Å². The Labute approximate surface area is 92.4 Å². The van der Waals surface area contributed by atoms with Gasteiger partial charge in [0.05, 0.1) is 5.00 Å². The zero-order chi connectivity index (χ0) is 10.8. The van der Waals surface area contributed by atoms with Gasteiger partial charge in [-0.2, -0.15) is 0 Å². The van der Waals surface area contributed by atoms with Crippen LogP contribution in [-0.4, -0.2) is 0 Å². The molecule has 1 aromatic heterocycles. The number of benzene rings is 1. The van der Waals surface area contributed by atoms with E-state index in [2.05, 4.69) is 13.0 Å². The molecule has 1 heterocycles. The van der Waals surface area contributed by atoms with Gasteiger partial charge in [-0.1, -0.05) is 19.1 Å². The van der Waals surface area contributed by atoms with E-state index in [9.17, 15) is 4.39 Å². The predicted octanol–water partition coefficient (Wildman–Crippen LogP) is 3.70. The van der Waals surface area contributed by atoms with Gasteiger partial charge in [0.1, 0.15) is 5.82 Å². The smallest absolute Gasteiger partial charge is 0.123 e. The van der Waals surface area contributed by atoms with Crippen LogP contribution in [0.2, 0.25) is 0 Å². The number of rotatable bonds is 2. The molecule has 0 saturated carbocycles. The minimum atomic E-state index is -0.209. The van der Waals surface area contributed by atoms with E-state index >= 15 is 0 Å². The number of anilines is 1. The summed E-state index contributed by atoms with van der Waals surface area (Å²) in [6, 6.07) is 8.57. The van der Waals surface area contributed by atoms with Gasteiger partial charge in [-0.15, -0.1) is 11.3 Å². The van der Waals surface area contributed by atoms with Gasteiger partial charge >= 0.3 is 0 Å². The van der Waals surface area contributed by atoms with Gasteiger partial charge in [-0.05, 0) is 35.7 Å². The SMILES string of the molecule is CCc1cc(-c2ccc(F)cc2)sc1N. The highest BCUT2D eigenvalue weighted by molar-refractivity contribution is 7.19. The van der Waals surface area contributed by atoms with Crippen LogP contribution in [0.1, 0.15) is 12.5 Å². The maximum absolute atomic E-state index is 12.7. The third-order valence-corrected chi connectivity index (χ3v) is 3.41. The second-order valence-electron chi connectivity index (χ2n) is 3.36. The lowest BCUT2D eigenvalue weighted by Crippen LogP contribution is -1.83. The first kappa shape index (κ1) is 10.2. The molecule has 2 aromatic rings. The highest BCUT2D eigenvalue weighted by atomic mass is 32.1. The molecule has 15 heavy (non-hydrogen) atoms. The Bertz CT molecular complexity index is 459. The second kappa shape index (κ2) is 4.03. The molecular formula is C12H12FNS. The van der Waals surface area contributed by atoms with Crippen molar-refractivity contribution in [1.29, 1.82) is 0 Å². The van der Waals surface area contributed by atoms with Gasteiger partial charge in [0.15, 0.2) is 0 Å². The van der Waals surface area contributed by atoms with Gasteiger partial charge in [0.25, 0.3) is 0 Å². The fourth-order valence-corrected chi connectivity index (χ4v) is 2.50. The molecule has 1 nitrogen and oxygen atoms in total. The summed E-state index contributed by atoms with van der Waals surface area (Å²) in [5.41, 5.74) is 8.05. The minimum Gasteiger partial charge on any atom is -0.390 e. The molecule has 0 unspecified atom stereocenters. The molecule has 1 aromatic carbocycles. The van der Waals surface area contributed by atoms with Crippen molar-refractivity contribution in [2.45, 2.75) is 13.3 Å². The average molecular weight is 221 g/mol. The van der Waals surface area contributed by atoms with Crippen LogP contribution in [0.4, 0.5) is 9.39 Å². The zero-order valence-electron chi connectivity index (χ0n) is 8.46. The Morgan fingerprint density at radius 2 is 1.93 bits per heavy atom. The second-order valence-corrected chi connectivity index (χ2v) is 4.44. The molecule has 0 aliphatic heterocycles. The molecule has 0 aliphatic carbocycles. The largest absolute Gasteiger partial charge is 0.390 e. The Morgan fingerprint density at radius 1 is 1.27 bits per heavy atom. The molecule has 0 atom stereocenters. The Kier molecular flexibility index (Phi) is 2.73. The van der Waals surface area contributed by atoms with Crippen molar-refractivity contribution >= 4 is 16.3 Å². The first-order chi connectivity index (χ1) is 7.20. The van der Waals surface area contributed by atoms with Crippen molar-refractivity contribution in [3.63, 3.8) is 0 Å².